The molecule has 0 fully saturated rings. The van der Waals surface area contributed by atoms with E-state index in [1.165, 1.54) is 7.11 Å². The summed E-state index contributed by atoms with van der Waals surface area (Å²) in [4.78, 5) is 20.1. The van der Waals surface area contributed by atoms with Crippen molar-refractivity contribution in [2.45, 2.75) is 0 Å². The van der Waals surface area contributed by atoms with Crippen molar-refractivity contribution < 1.29 is 14.3 Å². The zero-order valence-corrected chi connectivity index (χ0v) is 4.96. The molecule has 0 atom stereocenters. The molecule has 0 spiro atoms. The Balaban J connectivity index is 3.71. The van der Waals surface area contributed by atoms with Crippen LogP contribution in [0.25, 0.3) is 0 Å². The minimum Gasteiger partial charge on any atom is -0.466 e. The lowest BCUT2D eigenvalue weighted by Gasteiger charge is -1.86. The predicted octanol–water partition coefficient (Wildman–Crippen LogP) is -0.799. The molecule has 4 heteroatoms. The van der Waals surface area contributed by atoms with E-state index in [9.17, 15) is 9.59 Å². The second-order valence-electron chi connectivity index (χ2n) is 1.26. The first kappa shape index (κ1) is 7.68. The van der Waals surface area contributed by atoms with E-state index < -0.39 is 11.9 Å². The largest absolute Gasteiger partial charge is 0.466 e. The molecule has 0 heterocycles. The van der Waals surface area contributed by atoms with Gasteiger partial charge in [0.2, 0.25) is 5.91 Å². The summed E-state index contributed by atoms with van der Waals surface area (Å²) >= 11 is 0. The minimum absolute atomic E-state index is 0.589. The van der Waals surface area contributed by atoms with Gasteiger partial charge in [0.15, 0.2) is 0 Å². The fourth-order valence-electron chi connectivity index (χ4n) is 0.218. The van der Waals surface area contributed by atoms with E-state index in [1.54, 1.807) is 0 Å². The molecule has 9 heavy (non-hydrogen) atoms. The molecule has 0 aliphatic heterocycles. The second kappa shape index (κ2) is 3.65. The van der Waals surface area contributed by atoms with Crippen molar-refractivity contribution in [3.05, 3.63) is 12.2 Å². The Morgan fingerprint density at radius 1 is 1.44 bits per heavy atom. The van der Waals surface area contributed by atoms with Gasteiger partial charge in [-0.3, -0.25) is 4.79 Å². The highest BCUT2D eigenvalue weighted by atomic mass is 16.5. The Morgan fingerprint density at radius 2 is 2.00 bits per heavy atom. The number of nitrogens with two attached hydrogens (primary N) is 1. The Bertz CT molecular complexity index is 150. The van der Waals surface area contributed by atoms with Crippen LogP contribution >= 0.6 is 0 Å². The van der Waals surface area contributed by atoms with Crippen LogP contribution in [0.4, 0.5) is 0 Å². The third-order valence-electron chi connectivity index (χ3n) is 0.585. The maximum Gasteiger partial charge on any atom is 0.330 e. The molecular formula is C5H7NO3. The van der Waals surface area contributed by atoms with E-state index in [0.29, 0.717) is 0 Å². The first-order chi connectivity index (χ1) is 4.16. The number of hydrogen-bond acceptors (Lipinski definition) is 3. The number of rotatable bonds is 2. The monoisotopic (exact) mass is 129 g/mol. The predicted molar refractivity (Wildman–Crippen MR) is 30.4 cm³/mol. The van der Waals surface area contributed by atoms with Crippen molar-refractivity contribution in [1.29, 1.82) is 0 Å². The quantitative estimate of drug-likeness (QED) is 0.392. The molecule has 0 saturated carbocycles. The Kier molecular flexibility index (Phi) is 3.12. The van der Waals surface area contributed by atoms with Crippen LogP contribution in [-0.4, -0.2) is 19.0 Å². The van der Waals surface area contributed by atoms with E-state index in [0.717, 1.165) is 12.2 Å². The smallest absolute Gasteiger partial charge is 0.330 e. The first-order valence-corrected chi connectivity index (χ1v) is 2.22. The van der Waals surface area contributed by atoms with Crippen LogP contribution in [0.15, 0.2) is 12.2 Å². The fraction of sp³-hybridized carbons (Fsp3) is 0.200. The van der Waals surface area contributed by atoms with Gasteiger partial charge in [-0.05, 0) is 0 Å². The van der Waals surface area contributed by atoms with Gasteiger partial charge < -0.3 is 10.5 Å². The van der Waals surface area contributed by atoms with Gasteiger partial charge in [0.1, 0.15) is 0 Å². The van der Waals surface area contributed by atoms with Crippen LogP contribution < -0.4 is 5.73 Å². The zero-order valence-electron chi connectivity index (χ0n) is 4.96. The Morgan fingerprint density at radius 3 is 2.33 bits per heavy atom. The van der Waals surface area contributed by atoms with Crippen LogP contribution in [0.1, 0.15) is 0 Å². The van der Waals surface area contributed by atoms with Gasteiger partial charge in [0, 0.05) is 12.2 Å². The van der Waals surface area contributed by atoms with Crippen molar-refractivity contribution in [2.24, 2.45) is 5.73 Å². The lowest BCUT2D eigenvalue weighted by molar-refractivity contribution is -0.135. The number of ether oxygens (including phenoxy) is 1. The van der Waals surface area contributed by atoms with Gasteiger partial charge >= 0.3 is 5.97 Å². The van der Waals surface area contributed by atoms with Gasteiger partial charge in [-0.1, -0.05) is 0 Å². The molecule has 0 aliphatic rings. The second-order valence-corrected chi connectivity index (χ2v) is 1.26. The summed E-state index contributed by atoms with van der Waals surface area (Å²) in [6.07, 6.45) is 1.90. The van der Waals surface area contributed by atoms with Crippen molar-refractivity contribution in [3.8, 4) is 0 Å². The molecular weight excluding hydrogens is 122 g/mol. The summed E-state index contributed by atoms with van der Waals surface area (Å²) in [5.74, 6) is -1.26. The van der Waals surface area contributed by atoms with Crippen molar-refractivity contribution in [3.63, 3.8) is 0 Å². The Hall–Kier alpha value is -1.32. The highest BCUT2D eigenvalue weighted by Gasteiger charge is 1.90. The van der Waals surface area contributed by atoms with E-state index in [2.05, 4.69) is 10.5 Å². The van der Waals surface area contributed by atoms with Crippen LogP contribution in [0.2, 0.25) is 0 Å². The minimum atomic E-state index is -0.666. The number of amides is 1. The third kappa shape index (κ3) is 4.53. The SMILES string of the molecule is COC(=O)/C=C/C(N)=O. The summed E-state index contributed by atoms with van der Waals surface area (Å²) in [5.41, 5.74) is 4.66. The van der Waals surface area contributed by atoms with Crippen LogP contribution in [-0.2, 0) is 14.3 Å². The van der Waals surface area contributed by atoms with Gasteiger partial charge in [-0.25, -0.2) is 4.79 Å². The average Bonchev–Trinajstić information content (AvgIpc) is 1.83. The number of hydrogen-bond donors (Lipinski definition) is 1. The summed E-state index contributed by atoms with van der Waals surface area (Å²) in [5, 5.41) is 0. The number of carbonyl (C=O) groups is 2. The maximum atomic E-state index is 10.2. The summed E-state index contributed by atoms with van der Waals surface area (Å²) in [7, 11) is 1.22. The van der Waals surface area contributed by atoms with E-state index in [4.69, 9.17) is 0 Å². The van der Waals surface area contributed by atoms with E-state index >= 15 is 0 Å². The lowest BCUT2D eigenvalue weighted by Crippen LogP contribution is -2.07. The number of methoxy groups -OCH3 is 1. The van der Waals surface area contributed by atoms with Crippen LogP contribution in [0.5, 0.6) is 0 Å². The molecule has 0 saturated heterocycles. The molecule has 0 aromatic carbocycles. The van der Waals surface area contributed by atoms with Gasteiger partial charge in [-0.2, -0.15) is 0 Å². The molecule has 0 unspecified atom stereocenters. The Labute approximate surface area is 52.3 Å². The molecule has 0 radical (unpaired) electrons. The van der Waals surface area contributed by atoms with Crippen molar-refractivity contribution in [2.75, 3.05) is 7.11 Å². The zero-order chi connectivity index (χ0) is 7.28. The topological polar surface area (TPSA) is 69.4 Å². The van der Waals surface area contributed by atoms with Crippen molar-refractivity contribution in [1.82, 2.24) is 0 Å². The number of esters is 1. The third-order valence-corrected chi connectivity index (χ3v) is 0.585. The summed E-state index contributed by atoms with van der Waals surface area (Å²) in [6, 6.07) is 0. The number of primary amides is 1. The number of carbonyl (C=O) groups excluding carboxylic acids is 2. The molecule has 50 valence electrons. The average molecular weight is 129 g/mol. The van der Waals surface area contributed by atoms with Crippen LogP contribution in [0.3, 0.4) is 0 Å². The fourth-order valence-corrected chi connectivity index (χ4v) is 0.218. The molecule has 0 aliphatic carbocycles. The normalized spacial score (nSPS) is 9.44. The van der Waals surface area contributed by atoms with Gasteiger partial charge in [-0.15, -0.1) is 0 Å². The van der Waals surface area contributed by atoms with Crippen molar-refractivity contribution >= 4 is 11.9 Å². The lowest BCUT2D eigenvalue weighted by atomic mass is 10.5. The van der Waals surface area contributed by atoms with Crippen LogP contribution in [0, 0.1) is 0 Å². The molecule has 4 nitrogen and oxygen atoms in total. The van der Waals surface area contributed by atoms with Gasteiger partial charge in [0.05, 0.1) is 7.11 Å². The molecule has 0 aromatic heterocycles. The van der Waals surface area contributed by atoms with E-state index in [1.807, 2.05) is 0 Å². The maximum absolute atomic E-state index is 10.2. The highest BCUT2D eigenvalue weighted by Crippen LogP contribution is 1.75. The summed E-state index contributed by atoms with van der Waals surface area (Å²) in [6.45, 7) is 0. The first-order valence-electron chi connectivity index (χ1n) is 2.22. The molecule has 0 bridgehead atoms. The molecule has 0 aromatic rings. The standard InChI is InChI=1S/C5H7NO3/c1-9-5(8)3-2-4(6)7/h2-3H,1H3,(H2,6,7)/b3-2+. The summed E-state index contributed by atoms with van der Waals surface area (Å²) < 4.78 is 4.17. The molecule has 0 rings (SSSR count). The van der Waals surface area contributed by atoms with E-state index in [-0.39, 0.29) is 0 Å². The highest BCUT2D eigenvalue weighted by molar-refractivity contribution is 5.93. The molecule has 1 amide bonds. The molecule has 2 N–H and O–H groups in total. The van der Waals surface area contributed by atoms with Gasteiger partial charge in [0.25, 0.3) is 0 Å².